The first-order chi connectivity index (χ1) is 12.5. The molecule has 1 aromatic rings. The van der Waals surface area contributed by atoms with Crippen LogP contribution in [0, 0.1) is 6.92 Å². The number of aromatic nitrogens is 1. The second-order valence-electron chi connectivity index (χ2n) is 7.23. The molecule has 1 fully saturated rings. The van der Waals surface area contributed by atoms with Gasteiger partial charge in [-0.25, -0.2) is 4.98 Å². The van der Waals surface area contributed by atoms with Gasteiger partial charge < -0.3 is 20.6 Å². The number of halogens is 1. The summed E-state index contributed by atoms with van der Waals surface area (Å²) in [6.45, 7) is 11.4. The summed E-state index contributed by atoms with van der Waals surface area (Å²) >= 11 is 0. The lowest BCUT2D eigenvalue weighted by Crippen LogP contribution is -2.49. The van der Waals surface area contributed by atoms with Gasteiger partial charge in [0.2, 0.25) is 0 Å². The second kappa shape index (κ2) is 11.7. The molecule has 3 N–H and O–H groups in total. The molecule has 0 bridgehead atoms. The molecule has 0 atom stereocenters. The van der Waals surface area contributed by atoms with Gasteiger partial charge in [0, 0.05) is 31.9 Å². The smallest absolute Gasteiger partial charge is 0.191 e. The minimum atomic E-state index is -0.706. The van der Waals surface area contributed by atoms with Crippen LogP contribution in [0.1, 0.15) is 52.0 Å². The number of guanidine groups is 1. The third-order valence-corrected chi connectivity index (χ3v) is 5.25. The van der Waals surface area contributed by atoms with Gasteiger partial charge in [0.15, 0.2) is 5.96 Å². The Balaban J connectivity index is 0.00000364. The monoisotopic (exact) mass is 489 g/mol. The van der Waals surface area contributed by atoms with E-state index in [0.717, 1.165) is 44.3 Å². The molecule has 0 aromatic carbocycles. The molecule has 6 nitrogen and oxygen atoms in total. The number of aliphatic imine (C=N–C) groups is 1. The topological polar surface area (TPSA) is 72.8 Å². The van der Waals surface area contributed by atoms with Crippen molar-refractivity contribution in [2.45, 2.75) is 65.0 Å². The maximum Gasteiger partial charge on any atom is 0.191 e. The van der Waals surface area contributed by atoms with Crippen LogP contribution in [0.25, 0.3) is 0 Å². The molecule has 1 saturated heterocycles. The summed E-state index contributed by atoms with van der Waals surface area (Å²) in [7, 11) is 0. The highest BCUT2D eigenvalue weighted by Crippen LogP contribution is 2.18. The van der Waals surface area contributed by atoms with E-state index >= 15 is 0 Å². The number of pyridine rings is 1. The van der Waals surface area contributed by atoms with Gasteiger partial charge in [-0.1, -0.05) is 19.9 Å². The summed E-state index contributed by atoms with van der Waals surface area (Å²) in [5.74, 6) is 1.87. The van der Waals surface area contributed by atoms with Crippen molar-refractivity contribution in [1.29, 1.82) is 0 Å². The van der Waals surface area contributed by atoms with Crippen molar-refractivity contribution in [3.8, 4) is 0 Å². The number of nitrogens with zero attached hydrogens (tertiary/aromatic N) is 3. The van der Waals surface area contributed by atoms with Crippen LogP contribution in [0.15, 0.2) is 23.3 Å². The van der Waals surface area contributed by atoms with E-state index < -0.39 is 5.60 Å². The van der Waals surface area contributed by atoms with Crippen molar-refractivity contribution < 1.29 is 5.11 Å². The zero-order valence-electron chi connectivity index (χ0n) is 17.2. The average molecular weight is 489 g/mol. The predicted molar refractivity (Wildman–Crippen MR) is 124 cm³/mol. The van der Waals surface area contributed by atoms with Gasteiger partial charge in [0.05, 0.1) is 12.1 Å². The van der Waals surface area contributed by atoms with E-state index in [2.05, 4.69) is 51.5 Å². The fourth-order valence-corrected chi connectivity index (χ4v) is 3.11. The van der Waals surface area contributed by atoms with Crippen LogP contribution in [-0.4, -0.2) is 53.9 Å². The van der Waals surface area contributed by atoms with E-state index in [1.54, 1.807) is 0 Å². The van der Waals surface area contributed by atoms with Gasteiger partial charge in [0.25, 0.3) is 0 Å². The van der Waals surface area contributed by atoms with Gasteiger partial charge in [-0.2, -0.15) is 0 Å². The van der Waals surface area contributed by atoms with Gasteiger partial charge >= 0.3 is 0 Å². The van der Waals surface area contributed by atoms with E-state index in [1.807, 2.05) is 20.0 Å². The minimum absolute atomic E-state index is 0. The standard InChI is InChI=1S/C20H35N5O.HI/c1-5-20(26,6-2)15-23-19(21-7-3)24-17-10-12-25(13-11-17)18-9-8-16(4)14-22-18;/h8-9,14,17,26H,5-7,10-13,15H2,1-4H3,(H2,21,23,24);1H. The number of hydrogen-bond acceptors (Lipinski definition) is 4. The molecule has 1 aliphatic rings. The fourth-order valence-electron chi connectivity index (χ4n) is 3.11. The van der Waals surface area contributed by atoms with Crippen molar-refractivity contribution in [3.63, 3.8) is 0 Å². The molecule has 0 radical (unpaired) electrons. The maximum absolute atomic E-state index is 10.5. The predicted octanol–water partition coefficient (Wildman–Crippen LogP) is 3.08. The van der Waals surface area contributed by atoms with Crippen molar-refractivity contribution in [2.24, 2.45) is 4.99 Å². The Labute approximate surface area is 181 Å². The number of piperidine rings is 1. The average Bonchev–Trinajstić information content (AvgIpc) is 2.67. The van der Waals surface area contributed by atoms with Crippen molar-refractivity contribution in [2.75, 3.05) is 31.1 Å². The van der Waals surface area contributed by atoms with Crippen LogP contribution in [0.2, 0.25) is 0 Å². The lowest BCUT2D eigenvalue weighted by atomic mass is 9.98. The summed E-state index contributed by atoms with van der Waals surface area (Å²) in [5.41, 5.74) is 0.485. The summed E-state index contributed by atoms with van der Waals surface area (Å²) in [5, 5.41) is 17.3. The molecular formula is C20H36IN5O. The first kappa shape index (κ1) is 23.9. The zero-order chi connectivity index (χ0) is 19.0. The highest BCUT2D eigenvalue weighted by molar-refractivity contribution is 14.0. The van der Waals surface area contributed by atoms with E-state index in [4.69, 9.17) is 0 Å². The molecule has 2 rings (SSSR count). The summed E-state index contributed by atoms with van der Waals surface area (Å²) in [6.07, 6.45) is 5.46. The third-order valence-electron chi connectivity index (χ3n) is 5.25. The van der Waals surface area contributed by atoms with Gasteiger partial charge in [0.1, 0.15) is 5.82 Å². The van der Waals surface area contributed by atoms with E-state index in [1.165, 1.54) is 5.56 Å². The lowest BCUT2D eigenvalue weighted by Gasteiger charge is -2.34. The first-order valence-electron chi connectivity index (χ1n) is 9.94. The van der Waals surface area contributed by atoms with Crippen LogP contribution < -0.4 is 15.5 Å². The van der Waals surface area contributed by atoms with Crippen molar-refractivity contribution >= 4 is 35.8 Å². The second-order valence-corrected chi connectivity index (χ2v) is 7.23. The number of nitrogens with one attached hydrogen (secondary N) is 2. The zero-order valence-corrected chi connectivity index (χ0v) is 19.5. The molecule has 1 aromatic heterocycles. The normalized spacial score (nSPS) is 16.0. The molecule has 0 amide bonds. The lowest BCUT2D eigenvalue weighted by molar-refractivity contribution is 0.0417. The number of hydrogen-bond donors (Lipinski definition) is 3. The molecular weight excluding hydrogens is 453 g/mol. The molecule has 0 spiro atoms. The minimum Gasteiger partial charge on any atom is -0.388 e. The molecule has 27 heavy (non-hydrogen) atoms. The molecule has 0 unspecified atom stereocenters. The van der Waals surface area contributed by atoms with E-state index in [0.29, 0.717) is 25.4 Å². The summed E-state index contributed by atoms with van der Waals surface area (Å²) in [6, 6.07) is 4.61. The number of aryl methyl sites for hydroxylation is 1. The van der Waals surface area contributed by atoms with E-state index in [9.17, 15) is 5.11 Å². The Bertz CT molecular complexity index is 566. The number of rotatable bonds is 7. The van der Waals surface area contributed by atoms with Crippen LogP contribution in [-0.2, 0) is 0 Å². The maximum atomic E-state index is 10.5. The summed E-state index contributed by atoms with van der Waals surface area (Å²) in [4.78, 5) is 11.5. The van der Waals surface area contributed by atoms with Crippen LogP contribution >= 0.6 is 24.0 Å². The number of anilines is 1. The Hall–Kier alpha value is -1.09. The number of aliphatic hydroxyl groups is 1. The highest BCUT2D eigenvalue weighted by atomic mass is 127. The molecule has 2 heterocycles. The Kier molecular flexibility index (Phi) is 10.4. The van der Waals surface area contributed by atoms with Gasteiger partial charge in [-0.15, -0.1) is 24.0 Å². The van der Waals surface area contributed by atoms with Crippen LogP contribution in [0.5, 0.6) is 0 Å². The Morgan fingerprint density at radius 3 is 2.44 bits per heavy atom. The first-order valence-corrected chi connectivity index (χ1v) is 9.94. The Morgan fingerprint density at radius 1 is 1.26 bits per heavy atom. The molecule has 0 aliphatic carbocycles. The van der Waals surface area contributed by atoms with Crippen molar-refractivity contribution in [1.82, 2.24) is 15.6 Å². The molecule has 7 heteroatoms. The van der Waals surface area contributed by atoms with Crippen LogP contribution in [0.3, 0.4) is 0 Å². The van der Waals surface area contributed by atoms with Gasteiger partial charge in [-0.3, -0.25) is 4.99 Å². The molecule has 1 aliphatic heterocycles. The van der Waals surface area contributed by atoms with Crippen LogP contribution in [0.4, 0.5) is 5.82 Å². The third kappa shape index (κ3) is 7.44. The van der Waals surface area contributed by atoms with Gasteiger partial charge in [-0.05, 0) is 51.2 Å². The van der Waals surface area contributed by atoms with Crippen molar-refractivity contribution in [3.05, 3.63) is 23.9 Å². The molecule has 0 saturated carbocycles. The quantitative estimate of drug-likeness (QED) is 0.312. The highest BCUT2D eigenvalue weighted by Gasteiger charge is 2.23. The fraction of sp³-hybridized carbons (Fsp3) is 0.700. The van der Waals surface area contributed by atoms with E-state index in [-0.39, 0.29) is 24.0 Å². The Morgan fingerprint density at radius 2 is 1.93 bits per heavy atom. The molecule has 154 valence electrons. The SMILES string of the molecule is CCNC(=NCC(O)(CC)CC)NC1CCN(c2ccc(C)cn2)CC1.I. The summed E-state index contributed by atoms with van der Waals surface area (Å²) < 4.78 is 0. The largest absolute Gasteiger partial charge is 0.388 e.